The van der Waals surface area contributed by atoms with Gasteiger partial charge in [0.1, 0.15) is 0 Å². The monoisotopic (exact) mass is 122 g/mol. The summed E-state index contributed by atoms with van der Waals surface area (Å²) in [5.41, 5.74) is 0. The molecule has 0 spiro atoms. The molecule has 0 heterocycles. The lowest BCUT2D eigenvalue weighted by atomic mass is 10.6. The van der Waals surface area contributed by atoms with Gasteiger partial charge >= 0.3 is 0 Å². The van der Waals surface area contributed by atoms with E-state index in [4.69, 9.17) is 0 Å². The van der Waals surface area contributed by atoms with Gasteiger partial charge in [-0.05, 0) is 18.9 Å². The first-order chi connectivity index (χ1) is 3.06. The summed E-state index contributed by atoms with van der Waals surface area (Å²) in [7, 11) is -1.67. The number of rotatable bonds is 2. The van der Waals surface area contributed by atoms with Gasteiger partial charge in [-0.2, -0.15) is 0 Å². The Hall–Kier alpha value is 0.150. The van der Waals surface area contributed by atoms with Crippen molar-refractivity contribution in [1.82, 2.24) is 0 Å². The minimum absolute atomic E-state index is 0.896. The van der Waals surface area contributed by atoms with Crippen LogP contribution in [0.5, 0.6) is 0 Å². The molecule has 0 rings (SSSR count). The standard InChI is InChI=1S/C5H14OS/c1-4-5-7(2,3)6/h7H,4-5H2,1-3H3. The first-order valence-corrected chi connectivity index (χ1v) is 5.39. The summed E-state index contributed by atoms with van der Waals surface area (Å²) in [4.78, 5) is 0. The molecule has 0 aliphatic rings. The molecule has 0 aliphatic heterocycles. The highest BCUT2D eigenvalue weighted by Crippen LogP contribution is 1.93. The summed E-state index contributed by atoms with van der Waals surface area (Å²) in [6.45, 7) is 2.06. The van der Waals surface area contributed by atoms with Crippen LogP contribution in [0.3, 0.4) is 0 Å². The topological polar surface area (TPSA) is 17.1 Å². The van der Waals surface area contributed by atoms with Crippen molar-refractivity contribution in [3.05, 3.63) is 0 Å². The second-order valence-electron chi connectivity index (χ2n) is 2.30. The van der Waals surface area contributed by atoms with E-state index in [9.17, 15) is 4.21 Å². The fourth-order valence-electron chi connectivity index (χ4n) is 0.539. The third-order valence-electron chi connectivity index (χ3n) is 0.762. The Balaban J connectivity index is 3.36. The SMILES string of the molecule is CCC[SH](C)(C)=O. The van der Waals surface area contributed by atoms with Crippen LogP contribution in [0.15, 0.2) is 0 Å². The zero-order valence-electron chi connectivity index (χ0n) is 5.27. The van der Waals surface area contributed by atoms with Crippen molar-refractivity contribution in [1.29, 1.82) is 0 Å². The van der Waals surface area contributed by atoms with Gasteiger partial charge in [-0.15, -0.1) is 9.93 Å². The summed E-state index contributed by atoms with van der Waals surface area (Å²) in [5, 5.41) is 0. The molecule has 2 heteroatoms. The first-order valence-electron chi connectivity index (χ1n) is 2.60. The third kappa shape index (κ3) is 6.15. The molecule has 0 aromatic rings. The Bertz CT molecular complexity index is 82.1. The summed E-state index contributed by atoms with van der Waals surface area (Å²) in [6.07, 6.45) is 4.71. The Morgan fingerprint density at radius 3 is 1.86 bits per heavy atom. The molecule has 0 bridgehead atoms. The van der Waals surface area contributed by atoms with Crippen LogP contribution >= 0.6 is 0 Å². The molecule has 0 atom stereocenters. The second kappa shape index (κ2) is 2.46. The minimum atomic E-state index is -1.67. The van der Waals surface area contributed by atoms with Crippen LogP contribution in [0.1, 0.15) is 13.3 Å². The van der Waals surface area contributed by atoms with E-state index < -0.39 is 9.93 Å². The van der Waals surface area contributed by atoms with Gasteiger partial charge in [0.25, 0.3) is 0 Å². The van der Waals surface area contributed by atoms with Crippen LogP contribution in [0.4, 0.5) is 0 Å². The maximum atomic E-state index is 10.8. The number of hydrogen-bond acceptors (Lipinski definition) is 1. The molecule has 0 radical (unpaired) electrons. The van der Waals surface area contributed by atoms with Crippen molar-refractivity contribution < 1.29 is 4.21 Å². The molecule has 0 saturated carbocycles. The summed E-state index contributed by atoms with van der Waals surface area (Å²) < 4.78 is 10.8. The van der Waals surface area contributed by atoms with Crippen molar-refractivity contribution in [2.45, 2.75) is 13.3 Å². The number of thiol groups is 1. The smallest absolute Gasteiger partial charge is 0.000505 e. The Kier molecular flexibility index (Phi) is 2.51. The lowest BCUT2D eigenvalue weighted by Gasteiger charge is -2.07. The van der Waals surface area contributed by atoms with Crippen LogP contribution in [0.2, 0.25) is 0 Å². The average molecular weight is 122 g/mol. The highest BCUT2D eigenvalue weighted by atomic mass is 32.2. The maximum Gasteiger partial charge on any atom is 0.000505 e. The van der Waals surface area contributed by atoms with Gasteiger partial charge in [0, 0.05) is 5.75 Å². The Morgan fingerprint density at radius 2 is 1.86 bits per heavy atom. The van der Waals surface area contributed by atoms with E-state index >= 15 is 0 Å². The fourth-order valence-corrected chi connectivity index (χ4v) is 1.62. The van der Waals surface area contributed by atoms with Crippen molar-refractivity contribution in [3.8, 4) is 0 Å². The van der Waals surface area contributed by atoms with E-state index in [0.29, 0.717) is 0 Å². The van der Waals surface area contributed by atoms with Crippen LogP contribution < -0.4 is 0 Å². The van der Waals surface area contributed by atoms with E-state index in [2.05, 4.69) is 6.92 Å². The summed E-state index contributed by atoms with van der Waals surface area (Å²) in [6, 6.07) is 0. The predicted molar refractivity (Wildman–Crippen MR) is 36.5 cm³/mol. The summed E-state index contributed by atoms with van der Waals surface area (Å²) >= 11 is 0. The van der Waals surface area contributed by atoms with Crippen LogP contribution in [0.25, 0.3) is 0 Å². The quantitative estimate of drug-likeness (QED) is 0.533. The fraction of sp³-hybridized carbons (Fsp3) is 1.00. The molecular weight excluding hydrogens is 108 g/mol. The molecule has 0 saturated heterocycles. The predicted octanol–water partition coefficient (Wildman–Crippen LogP) is 0.673. The maximum absolute atomic E-state index is 10.8. The van der Waals surface area contributed by atoms with Gasteiger partial charge in [-0.1, -0.05) is 6.92 Å². The highest BCUT2D eigenvalue weighted by Gasteiger charge is 1.94. The molecule has 0 N–H and O–H groups in total. The molecule has 7 heavy (non-hydrogen) atoms. The Morgan fingerprint density at radius 1 is 1.43 bits per heavy atom. The van der Waals surface area contributed by atoms with Crippen molar-refractivity contribution >= 4 is 9.93 Å². The molecule has 46 valence electrons. The first kappa shape index (κ1) is 7.15. The molecule has 0 aromatic heterocycles. The van der Waals surface area contributed by atoms with Crippen LogP contribution in [-0.4, -0.2) is 22.5 Å². The lowest BCUT2D eigenvalue weighted by molar-refractivity contribution is 0.677. The molecule has 0 fully saturated rings. The van der Waals surface area contributed by atoms with E-state index in [1.165, 1.54) is 0 Å². The van der Waals surface area contributed by atoms with E-state index in [-0.39, 0.29) is 0 Å². The van der Waals surface area contributed by atoms with E-state index in [1.54, 1.807) is 0 Å². The van der Waals surface area contributed by atoms with E-state index in [0.717, 1.165) is 12.2 Å². The second-order valence-corrected chi connectivity index (χ2v) is 5.89. The van der Waals surface area contributed by atoms with Crippen LogP contribution in [-0.2, 0) is 9.93 Å². The van der Waals surface area contributed by atoms with Gasteiger partial charge in [0.05, 0.1) is 0 Å². The zero-order chi connectivity index (χ0) is 5.91. The number of hydrogen-bond donors (Lipinski definition) is 1. The van der Waals surface area contributed by atoms with Gasteiger partial charge in [-0.25, -0.2) is 0 Å². The summed E-state index contributed by atoms with van der Waals surface area (Å²) in [5.74, 6) is 0.896. The van der Waals surface area contributed by atoms with E-state index in [1.807, 2.05) is 12.5 Å². The normalized spacial score (nSPS) is 14.1. The molecule has 0 unspecified atom stereocenters. The van der Waals surface area contributed by atoms with Gasteiger partial charge in [-0.3, -0.25) is 4.21 Å². The largest absolute Gasteiger partial charge is 0.285 e. The highest BCUT2D eigenvalue weighted by molar-refractivity contribution is 8.01. The minimum Gasteiger partial charge on any atom is -0.285 e. The van der Waals surface area contributed by atoms with Gasteiger partial charge < -0.3 is 0 Å². The molecule has 0 aromatic carbocycles. The molecular formula is C5H14OS. The lowest BCUT2D eigenvalue weighted by Crippen LogP contribution is -2.09. The third-order valence-corrected chi connectivity index (χ3v) is 2.29. The van der Waals surface area contributed by atoms with Gasteiger partial charge in [0.15, 0.2) is 0 Å². The molecule has 0 aliphatic carbocycles. The molecule has 0 amide bonds. The Labute approximate surface area is 46.5 Å². The van der Waals surface area contributed by atoms with Gasteiger partial charge in [0.2, 0.25) is 0 Å². The van der Waals surface area contributed by atoms with Crippen molar-refractivity contribution in [3.63, 3.8) is 0 Å². The van der Waals surface area contributed by atoms with Crippen LogP contribution in [0, 0.1) is 0 Å². The zero-order valence-corrected chi connectivity index (χ0v) is 6.16. The molecule has 1 nitrogen and oxygen atoms in total. The van der Waals surface area contributed by atoms with Crippen molar-refractivity contribution in [2.24, 2.45) is 0 Å². The van der Waals surface area contributed by atoms with Crippen molar-refractivity contribution in [2.75, 3.05) is 18.3 Å². The average Bonchev–Trinajstić information content (AvgIpc) is 1.30.